The van der Waals surface area contributed by atoms with Gasteiger partial charge in [0.05, 0.1) is 9.90 Å². The minimum absolute atomic E-state index is 0.0570. The van der Waals surface area contributed by atoms with Gasteiger partial charge < -0.3 is 10.2 Å². The standard InChI is InChI=1S/C16H27N3OS2/c1-4-13-12-14-15(22-13)21-11-10-19(14)16(20)17-8-7-9-18(5-2)6-3/h12H,4-11H2,1-3H3,(H,17,20). The summed E-state index contributed by atoms with van der Waals surface area (Å²) in [7, 11) is 0. The highest BCUT2D eigenvalue weighted by Gasteiger charge is 2.25. The van der Waals surface area contributed by atoms with Crippen LogP contribution in [0.3, 0.4) is 0 Å². The molecule has 1 aromatic rings. The first kappa shape index (κ1) is 17.6. The minimum Gasteiger partial charge on any atom is -0.338 e. The van der Waals surface area contributed by atoms with E-state index >= 15 is 0 Å². The number of urea groups is 1. The van der Waals surface area contributed by atoms with Gasteiger partial charge in [-0.1, -0.05) is 20.8 Å². The molecular weight excluding hydrogens is 314 g/mol. The zero-order valence-electron chi connectivity index (χ0n) is 13.9. The van der Waals surface area contributed by atoms with Crippen molar-refractivity contribution >= 4 is 34.8 Å². The van der Waals surface area contributed by atoms with Gasteiger partial charge in [-0.2, -0.15) is 0 Å². The fourth-order valence-electron chi connectivity index (χ4n) is 2.57. The predicted octanol–water partition coefficient (Wildman–Crippen LogP) is 3.66. The molecule has 4 nitrogen and oxygen atoms in total. The van der Waals surface area contributed by atoms with Crippen LogP contribution in [0.15, 0.2) is 10.3 Å². The summed E-state index contributed by atoms with van der Waals surface area (Å²) in [6.07, 6.45) is 2.05. The number of anilines is 1. The third-order valence-electron chi connectivity index (χ3n) is 3.98. The van der Waals surface area contributed by atoms with Crippen LogP contribution in [0.2, 0.25) is 0 Å². The fourth-order valence-corrected chi connectivity index (χ4v) is 4.98. The van der Waals surface area contributed by atoms with Crippen molar-refractivity contribution in [1.82, 2.24) is 10.2 Å². The highest BCUT2D eigenvalue weighted by Crippen LogP contribution is 2.41. The van der Waals surface area contributed by atoms with E-state index in [1.54, 1.807) is 0 Å². The Kier molecular flexibility index (Phi) is 7.05. The van der Waals surface area contributed by atoms with Crippen LogP contribution in [-0.2, 0) is 6.42 Å². The van der Waals surface area contributed by atoms with Crippen LogP contribution in [0.5, 0.6) is 0 Å². The number of thioether (sulfide) groups is 1. The van der Waals surface area contributed by atoms with Gasteiger partial charge in [-0.05, 0) is 38.5 Å². The molecule has 0 spiro atoms. The first-order valence-corrected chi connectivity index (χ1v) is 10.0. The lowest BCUT2D eigenvalue weighted by Gasteiger charge is -2.27. The Morgan fingerprint density at radius 3 is 2.82 bits per heavy atom. The molecule has 2 amide bonds. The molecule has 0 unspecified atom stereocenters. The third-order valence-corrected chi connectivity index (χ3v) is 6.51. The average molecular weight is 342 g/mol. The summed E-state index contributed by atoms with van der Waals surface area (Å²) in [5.41, 5.74) is 1.11. The second kappa shape index (κ2) is 8.79. The summed E-state index contributed by atoms with van der Waals surface area (Å²) in [6.45, 7) is 11.3. The molecular formula is C16H27N3OS2. The maximum Gasteiger partial charge on any atom is 0.321 e. The first-order valence-electron chi connectivity index (χ1n) is 8.22. The molecule has 2 rings (SSSR count). The van der Waals surface area contributed by atoms with E-state index in [9.17, 15) is 4.79 Å². The number of nitrogens with one attached hydrogen (secondary N) is 1. The molecule has 0 aliphatic carbocycles. The van der Waals surface area contributed by atoms with Crippen LogP contribution in [0, 0.1) is 0 Å². The van der Waals surface area contributed by atoms with Gasteiger partial charge in [0.1, 0.15) is 0 Å². The van der Waals surface area contributed by atoms with Gasteiger partial charge in [0, 0.05) is 23.7 Å². The van der Waals surface area contributed by atoms with Gasteiger partial charge in [0.25, 0.3) is 0 Å². The summed E-state index contributed by atoms with van der Waals surface area (Å²) in [5, 5.41) is 3.08. The van der Waals surface area contributed by atoms with Crippen molar-refractivity contribution in [2.24, 2.45) is 0 Å². The molecule has 1 N–H and O–H groups in total. The number of thiophene rings is 1. The molecule has 1 aromatic heterocycles. The van der Waals surface area contributed by atoms with Gasteiger partial charge in [-0.3, -0.25) is 4.90 Å². The maximum absolute atomic E-state index is 12.4. The quantitative estimate of drug-likeness (QED) is 0.769. The number of carbonyl (C=O) groups is 1. The van der Waals surface area contributed by atoms with Crippen LogP contribution in [-0.4, -0.2) is 49.4 Å². The van der Waals surface area contributed by atoms with E-state index in [0.29, 0.717) is 0 Å². The Hall–Kier alpha value is -0.720. The van der Waals surface area contributed by atoms with E-state index in [1.165, 1.54) is 9.09 Å². The van der Waals surface area contributed by atoms with Crippen LogP contribution < -0.4 is 10.2 Å². The van der Waals surface area contributed by atoms with Crippen LogP contribution in [0.4, 0.5) is 10.5 Å². The van der Waals surface area contributed by atoms with Crippen molar-refractivity contribution in [2.75, 3.05) is 43.4 Å². The van der Waals surface area contributed by atoms with E-state index in [4.69, 9.17) is 0 Å². The molecule has 0 atom stereocenters. The van der Waals surface area contributed by atoms with E-state index in [1.807, 2.05) is 28.0 Å². The van der Waals surface area contributed by atoms with E-state index < -0.39 is 0 Å². The second-order valence-electron chi connectivity index (χ2n) is 5.35. The summed E-state index contributed by atoms with van der Waals surface area (Å²) in [5.74, 6) is 0.990. The van der Waals surface area contributed by atoms with E-state index in [0.717, 1.165) is 57.0 Å². The molecule has 6 heteroatoms. The molecule has 1 aliphatic heterocycles. The average Bonchev–Trinajstić information content (AvgIpc) is 2.98. The van der Waals surface area contributed by atoms with Gasteiger partial charge in [0.15, 0.2) is 0 Å². The lowest BCUT2D eigenvalue weighted by molar-refractivity contribution is 0.244. The molecule has 22 heavy (non-hydrogen) atoms. The Morgan fingerprint density at radius 1 is 1.36 bits per heavy atom. The molecule has 2 heterocycles. The summed E-state index contributed by atoms with van der Waals surface area (Å²) in [4.78, 5) is 18.1. The zero-order chi connectivity index (χ0) is 15.9. The Morgan fingerprint density at radius 2 is 2.14 bits per heavy atom. The van der Waals surface area contributed by atoms with Crippen molar-refractivity contribution in [2.45, 2.75) is 37.8 Å². The van der Waals surface area contributed by atoms with Gasteiger partial charge in [0.2, 0.25) is 0 Å². The Bertz CT molecular complexity index is 486. The smallest absolute Gasteiger partial charge is 0.321 e. The van der Waals surface area contributed by atoms with Crippen molar-refractivity contribution in [1.29, 1.82) is 0 Å². The predicted molar refractivity (Wildman–Crippen MR) is 97.6 cm³/mol. The maximum atomic E-state index is 12.4. The van der Waals surface area contributed by atoms with E-state index in [-0.39, 0.29) is 6.03 Å². The van der Waals surface area contributed by atoms with Crippen molar-refractivity contribution in [3.63, 3.8) is 0 Å². The molecule has 0 saturated heterocycles. The molecule has 0 aromatic carbocycles. The number of rotatable bonds is 7. The van der Waals surface area contributed by atoms with Crippen LogP contribution in [0.25, 0.3) is 0 Å². The zero-order valence-corrected chi connectivity index (χ0v) is 15.5. The molecule has 0 saturated carbocycles. The monoisotopic (exact) mass is 341 g/mol. The van der Waals surface area contributed by atoms with Crippen LogP contribution in [0.1, 0.15) is 32.1 Å². The van der Waals surface area contributed by atoms with Gasteiger partial charge >= 0.3 is 6.03 Å². The Balaban J connectivity index is 1.85. The largest absolute Gasteiger partial charge is 0.338 e. The molecule has 0 radical (unpaired) electrons. The number of nitrogens with zero attached hydrogens (tertiary/aromatic N) is 2. The van der Waals surface area contributed by atoms with Crippen molar-refractivity contribution in [3.8, 4) is 0 Å². The summed E-state index contributed by atoms with van der Waals surface area (Å²) < 4.78 is 1.29. The number of amides is 2. The molecule has 0 bridgehead atoms. The SMILES string of the molecule is CCc1cc2c(s1)SCCN2C(=O)NCCCN(CC)CC. The number of carbonyl (C=O) groups excluding carboxylic acids is 1. The molecule has 124 valence electrons. The lowest BCUT2D eigenvalue weighted by Crippen LogP contribution is -2.43. The number of hydrogen-bond acceptors (Lipinski definition) is 4. The van der Waals surface area contributed by atoms with Crippen molar-refractivity contribution in [3.05, 3.63) is 10.9 Å². The fraction of sp³-hybridized carbons (Fsp3) is 0.688. The lowest BCUT2D eigenvalue weighted by atomic mass is 10.3. The number of aryl methyl sites for hydroxylation is 1. The van der Waals surface area contributed by atoms with Crippen LogP contribution >= 0.6 is 23.1 Å². The topological polar surface area (TPSA) is 35.6 Å². The van der Waals surface area contributed by atoms with E-state index in [2.05, 4.69) is 37.1 Å². The number of hydrogen-bond donors (Lipinski definition) is 1. The summed E-state index contributed by atoms with van der Waals surface area (Å²) in [6, 6.07) is 2.24. The van der Waals surface area contributed by atoms with Gasteiger partial charge in [-0.25, -0.2) is 4.79 Å². The van der Waals surface area contributed by atoms with Crippen molar-refractivity contribution < 1.29 is 4.79 Å². The third kappa shape index (κ3) is 4.40. The number of fused-ring (bicyclic) bond motifs is 1. The molecule has 1 aliphatic rings. The highest BCUT2D eigenvalue weighted by molar-refractivity contribution is 8.01. The Labute approximate surface area is 142 Å². The second-order valence-corrected chi connectivity index (χ2v) is 7.85. The highest BCUT2D eigenvalue weighted by atomic mass is 32.2. The van der Waals surface area contributed by atoms with Gasteiger partial charge in [-0.15, -0.1) is 23.1 Å². The normalized spacial score (nSPS) is 14.3. The minimum atomic E-state index is 0.0570. The first-order chi connectivity index (χ1) is 10.7. The summed E-state index contributed by atoms with van der Waals surface area (Å²) >= 11 is 3.70. The molecule has 0 fully saturated rings.